The molecule has 0 N–H and O–H groups in total. The zero-order valence-corrected chi connectivity index (χ0v) is 8.08. The summed E-state index contributed by atoms with van der Waals surface area (Å²) in [6.45, 7) is 0. The Hall–Kier alpha value is -1.07. The molecule has 0 amide bonds. The molecule has 0 aromatic heterocycles. The summed E-state index contributed by atoms with van der Waals surface area (Å²) in [5.74, 6) is 0. The molecule has 0 fully saturated rings. The molecular weight excluding hydrogens is 214 g/mol. The molecule has 1 nitrogen and oxygen atoms in total. The van der Waals surface area contributed by atoms with Gasteiger partial charge in [-0.25, -0.2) is 0 Å². The molecule has 1 rings (SSSR count). The van der Waals surface area contributed by atoms with Crippen LogP contribution in [-0.4, -0.2) is 0 Å². The van der Waals surface area contributed by atoms with Crippen molar-refractivity contribution in [2.24, 2.45) is 0 Å². The second kappa shape index (κ2) is 4.74. The largest absolute Gasteiger partial charge is 0.193 e. The molecule has 0 radical (unpaired) electrons. The van der Waals surface area contributed by atoms with Crippen LogP contribution in [-0.2, 0) is 5.33 Å². The van der Waals surface area contributed by atoms with Crippen molar-refractivity contribution in [3.8, 4) is 6.07 Å². The monoisotopic (exact) mass is 221 g/mol. The van der Waals surface area contributed by atoms with Crippen molar-refractivity contribution in [1.82, 2.24) is 0 Å². The summed E-state index contributed by atoms with van der Waals surface area (Å²) < 4.78 is 0. The Morgan fingerprint density at radius 3 is 3.00 bits per heavy atom. The first-order valence-corrected chi connectivity index (χ1v) is 4.70. The Balaban J connectivity index is 2.88. The van der Waals surface area contributed by atoms with Gasteiger partial charge in [0.05, 0.1) is 6.07 Å². The van der Waals surface area contributed by atoms with Crippen LogP contribution in [0.25, 0.3) is 6.08 Å². The molecule has 0 saturated heterocycles. The lowest BCUT2D eigenvalue weighted by molar-refractivity contribution is 1.43. The molecular formula is C10H8BrN. The van der Waals surface area contributed by atoms with E-state index in [-0.39, 0.29) is 0 Å². The van der Waals surface area contributed by atoms with E-state index in [0.717, 1.165) is 10.9 Å². The van der Waals surface area contributed by atoms with Gasteiger partial charge in [-0.1, -0.05) is 40.2 Å². The molecule has 0 spiro atoms. The molecule has 0 atom stereocenters. The Kier molecular flexibility index (Phi) is 3.56. The number of allylic oxidation sites excluding steroid dienone is 1. The Morgan fingerprint density at radius 1 is 1.50 bits per heavy atom. The van der Waals surface area contributed by atoms with Gasteiger partial charge in [0, 0.05) is 11.4 Å². The minimum absolute atomic E-state index is 0.848. The fourth-order valence-electron chi connectivity index (χ4n) is 0.913. The molecule has 12 heavy (non-hydrogen) atoms. The van der Waals surface area contributed by atoms with Crippen LogP contribution in [0, 0.1) is 11.3 Å². The fourth-order valence-corrected chi connectivity index (χ4v) is 1.26. The van der Waals surface area contributed by atoms with Crippen LogP contribution in [0.3, 0.4) is 0 Å². The van der Waals surface area contributed by atoms with E-state index in [0.29, 0.717) is 0 Å². The minimum atomic E-state index is 0.848. The number of nitrogens with zero attached hydrogens (tertiary/aromatic N) is 1. The van der Waals surface area contributed by atoms with Gasteiger partial charge in [0.25, 0.3) is 0 Å². The number of benzene rings is 1. The molecule has 0 aliphatic carbocycles. The van der Waals surface area contributed by atoms with Crippen LogP contribution in [0.15, 0.2) is 30.3 Å². The average molecular weight is 222 g/mol. The second-order valence-corrected chi connectivity index (χ2v) is 2.90. The van der Waals surface area contributed by atoms with Gasteiger partial charge >= 0.3 is 0 Å². The molecule has 1 aromatic carbocycles. The average Bonchev–Trinajstić information content (AvgIpc) is 2.15. The van der Waals surface area contributed by atoms with Gasteiger partial charge in [-0.3, -0.25) is 0 Å². The van der Waals surface area contributed by atoms with Gasteiger partial charge in [0.15, 0.2) is 0 Å². The highest BCUT2D eigenvalue weighted by Crippen LogP contribution is 2.09. The van der Waals surface area contributed by atoms with Crippen LogP contribution >= 0.6 is 15.9 Å². The van der Waals surface area contributed by atoms with Crippen molar-refractivity contribution in [3.05, 3.63) is 41.5 Å². The van der Waals surface area contributed by atoms with E-state index in [1.807, 2.05) is 30.3 Å². The van der Waals surface area contributed by atoms with Crippen molar-refractivity contribution in [3.63, 3.8) is 0 Å². The minimum Gasteiger partial charge on any atom is -0.193 e. The summed E-state index contributed by atoms with van der Waals surface area (Å²) in [4.78, 5) is 0. The quantitative estimate of drug-likeness (QED) is 0.557. The standard InChI is InChI=1S/C10H8BrN/c11-8-10-4-1-3-9(7-10)5-2-6-12/h1-5,7H,8H2. The summed E-state index contributed by atoms with van der Waals surface area (Å²) in [5.41, 5.74) is 2.28. The first-order valence-electron chi connectivity index (χ1n) is 3.58. The highest BCUT2D eigenvalue weighted by molar-refractivity contribution is 9.08. The van der Waals surface area contributed by atoms with Crippen molar-refractivity contribution >= 4 is 22.0 Å². The summed E-state index contributed by atoms with van der Waals surface area (Å²) >= 11 is 3.37. The predicted molar refractivity (Wildman–Crippen MR) is 53.7 cm³/mol. The number of hydrogen-bond donors (Lipinski definition) is 0. The van der Waals surface area contributed by atoms with E-state index < -0.39 is 0 Å². The lowest BCUT2D eigenvalue weighted by atomic mass is 10.1. The number of rotatable bonds is 2. The number of halogens is 1. The molecule has 2 heteroatoms. The molecule has 1 aromatic rings. The first-order chi connectivity index (χ1) is 5.86. The highest BCUT2D eigenvalue weighted by atomic mass is 79.9. The van der Waals surface area contributed by atoms with E-state index in [2.05, 4.69) is 15.9 Å². The van der Waals surface area contributed by atoms with Gasteiger partial charge in [-0.2, -0.15) is 5.26 Å². The molecule has 0 unspecified atom stereocenters. The Labute approximate surface area is 80.5 Å². The number of nitriles is 1. The lowest BCUT2D eigenvalue weighted by Crippen LogP contribution is -1.77. The van der Waals surface area contributed by atoms with Gasteiger partial charge in [0.1, 0.15) is 0 Å². The van der Waals surface area contributed by atoms with E-state index in [9.17, 15) is 0 Å². The number of alkyl halides is 1. The third kappa shape index (κ3) is 2.52. The molecule has 0 heterocycles. The molecule has 60 valence electrons. The summed E-state index contributed by atoms with van der Waals surface area (Å²) in [7, 11) is 0. The van der Waals surface area contributed by atoms with E-state index in [1.165, 1.54) is 11.6 Å². The predicted octanol–water partition coefficient (Wildman–Crippen LogP) is 3.12. The summed E-state index contributed by atoms with van der Waals surface area (Å²) in [6, 6.07) is 10.00. The second-order valence-electron chi connectivity index (χ2n) is 2.34. The van der Waals surface area contributed by atoms with Crippen LogP contribution in [0.2, 0.25) is 0 Å². The van der Waals surface area contributed by atoms with Gasteiger partial charge < -0.3 is 0 Å². The maximum Gasteiger partial charge on any atom is 0.0912 e. The summed E-state index contributed by atoms with van der Waals surface area (Å²) in [5, 5.41) is 9.16. The lowest BCUT2D eigenvalue weighted by Gasteiger charge is -1.95. The van der Waals surface area contributed by atoms with E-state index in [1.54, 1.807) is 6.08 Å². The maximum atomic E-state index is 8.31. The van der Waals surface area contributed by atoms with Gasteiger partial charge in [0.2, 0.25) is 0 Å². The smallest absolute Gasteiger partial charge is 0.0912 e. The molecule has 0 saturated carbocycles. The highest BCUT2D eigenvalue weighted by Gasteiger charge is 1.89. The SMILES string of the molecule is N#CC=Cc1cccc(CBr)c1. The van der Waals surface area contributed by atoms with Crippen LogP contribution in [0.1, 0.15) is 11.1 Å². The van der Waals surface area contributed by atoms with Gasteiger partial charge in [-0.05, 0) is 17.2 Å². The third-order valence-electron chi connectivity index (χ3n) is 1.46. The molecule has 0 aliphatic rings. The number of hydrogen-bond acceptors (Lipinski definition) is 1. The maximum absolute atomic E-state index is 8.31. The van der Waals surface area contributed by atoms with Crippen LogP contribution < -0.4 is 0 Å². The molecule has 0 bridgehead atoms. The van der Waals surface area contributed by atoms with Crippen molar-refractivity contribution in [2.75, 3.05) is 0 Å². The van der Waals surface area contributed by atoms with Crippen molar-refractivity contribution in [2.45, 2.75) is 5.33 Å². The van der Waals surface area contributed by atoms with Crippen molar-refractivity contribution < 1.29 is 0 Å². The Morgan fingerprint density at radius 2 is 2.33 bits per heavy atom. The third-order valence-corrected chi connectivity index (χ3v) is 2.10. The van der Waals surface area contributed by atoms with Crippen molar-refractivity contribution in [1.29, 1.82) is 5.26 Å². The van der Waals surface area contributed by atoms with E-state index in [4.69, 9.17) is 5.26 Å². The first kappa shape index (κ1) is 9.02. The topological polar surface area (TPSA) is 23.8 Å². The normalized spacial score (nSPS) is 10.0. The Bertz CT molecular complexity index is 323. The van der Waals surface area contributed by atoms with Crippen LogP contribution in [0.5, 0.6) is 0 Å². The summed E-state index contributed by atoms with van der Waals surface area (Å²) in [6.07, 6.45) is 3.28. The fraction of sp³-hybridized carbons (Fsp3) is 0.100. The molecule has 0 aliphatic heterocycles. The zero-order chi connectivity index (χ0) is 8.81. The zero-order valence-electron chi connectivity index (χ0n) is 6.50. The van der Waals surface area contributed by atoms with E-state index >= 15 is 0 Å². The van der Waals surface area contributed by atoms with Gasteiger partial charge in [-0.15, -0.1) is 0 Å². The van der Waals surface area contributed by atoms with Crippen LogP contribution in [0.4, 0.5) is 0 Å².